The number of hydrogen-bond acceptors (Lipinski definition) is 4. The van der Waals surface area contributed by atoms with Crippen molar-refractivity contribution in [3.8, 4) is 23.0 Å². The van der Waals surface area contributed by atoms with E-state index in [1.165, 1.54) is 59.1 Å². The minimum atomic E-state index is -0.115. The second kappa shape index (κ2) is 18.3. The fraction of sp³-hybridized carbons (Fsp3) is 0.586. The van der Waals surface area contributed by atoms with Crippen LogP contribution in [0.2, 0.25) is 0 Å². The molecule has 7 atom stereocenters. The summed E-state index contributed by atoms with van der Waals surface area (Å²) in [7, 11) is 0. The van der Waals surface area contributed by atoms with E-state index < -0.39 is 0 Å². The lowest BCUT2D eigenvalue weighted by Gasteiger charge is -2.36. The first-order chi connectivity index (χ1) is 28.9. The SMILES string of the molecule is CCCC(c1cc(CC(C)C)c(O)cc1C)c1cc(C(C)(C)C)c(O)cc1C.Cc1cc(CC(C)C)c(O)c(C2CC3CC2C2C(c4cc(C)cc(C(C)(C)C)c4O)CCC32)c1. The summed E-state index contributed by atoms with van der Waals surface area (Å²) < 4.78 is 0. The lowest BCUT2D eigenvalue weighted by molar-refractivity contribution is 0.213. The van der Waals surface area contributed by atoms with Crippen molar-refractivity contribution in [3.05, 3.63) is 115 Å². The summed E-state index contributed by atoms with van der Waals surface area (Å²) in [5.41, 5.74) is 13.8. The van der Waals surface area contributed by atoms with E-state index in [0.29, 0.717) is 58.5 Å². The molecular formula is C58H82O4. The molecule has 2 bridgehead atoms. The highest BCUT2D eigenvalue weighted by atomic mass is 16.3. The molecule has 0 aliphatic heterocycles. The third-order valence-corrected chi connectivity index (χ3v) is 15.0. The van der Waals surface area contributed by atoms with Gasteiger partial charge in [0.15, 0.2) is 0 Å². The molecule has 3 aliphatic rings. The molecule has 338 valence electrons. The Morgan fingerprint density at radius 2 is 1.11 bits per heavy atom. The van der Waals surface area contributed by atoms with Crippen molar-refractivity contribution in [2.45, 2.75) is 184 Å². The highest BCUT2D eigenvalue weighted by Gasteiger charge is 2.58. The van der Waals surface area contributed by atoms with Crippen molar-refractivity contribution in [2.24, 2.45) is 35.5 Å². The van der Waals surface area contributed by atoms with E-state index in [1.54, 1.807) is 0 Å². The summed E-state index contributed by atoms with van der Waals surface area (Å²) in [6.45, 7) is 32.6. The third kappa shape index (κ3) is 9.75. The van der Waals surface area contributed by atoms with Crippen LogP contribution < -0.4 is 0 Å². The van der Waals surface area contributed by atoms with Crippen molar-refractivity contribution in [3.63, 3.8) is 0 Å². The molecule has 0 radical (unpaired) electrons. The average Bonchev–Trinajstić information content (AvgIpc) is 3.87. The van der Waals surface area contributed by atoms with E-state index in [4.69, 9.17) is 0 Å². The van der Waals surface area contributed by atoms with Crippen LogP contribution in [0.1, 0.15) is 199 Å². The zero-order valence-electron chi connectivity index (χ0n) is 41.3. The molecule has 7 rings (SSSR count). The number of aromatic hydroxyl groups is 4. The molecule has 3 aliphatic carbocycles. The van der Waals surface area contributed by atoms with Gasteiger partial charge in [-0.15, -0.1) is 0 Å². The molecule has 0 saturated heterocycles. The van der Waals surface area contributed by atoms with E-state index in [0.717, 1.165) is 70.9 Å². The number of phenolic OH excluding ortho intramolecular Hbond substituents is 4. The Hall–Kier alpha value is -3.92. The number of hydrogen-bond donors (Lipinski definition) is 4. The number of fused-ring (bicyclic) bond motifs is 5. The monoisotopic (exact) mass is 843 g/mol. The van der Waals surface area contributed by atoms with E-state index in [1.807, 2.05) is 12.1 Å². The van der Waals surface area contributed by atoms with Crippen LogP contribution in [0.15, 0.2) is 48.5 Å². The Balaban J connectivity index is 0.000000212. The standard InChI is InChI=1S/C32H44O2.C26H38O2/c1-17(2)10-21-11-18(3)12-27(30(21)33)24-15-20-16-25(24)29-22(20)8-9-23(29)26-13-19(4)14-28(31(26)34)32(5,6)7;1-9-10-20(21-14-19(11-16(2)3)24(27)12-17(21)4)22-15-23(26(6,7)8)25(28)13-18(22)5/h11-14,17,20,22-25,29,33-34H,8-10,15-16H2,1-7H3;12-16,20,27-28H,9-11H2,1-8H3. The molecule has 4 aromatic rings. The molecule has 7 unspecified atom stereocenters. The normalized spacial score (nSPS) is 22.6. The molecule has 62 heavy (non-hydrogen) atoms. The maximum atomic E-state index is 11.4. The predicted molar refractivity (Wildman–Crippen MR) is 261 cm³/mol. The predicted octanol–water partition coefficient (Wildman–Crippen LogP) is 15.3. The zero-order chi connectivity index (χ0) is 45.7. The molecule has 4 heteroatoms. The van der Waals surface area contributed by atoms with Crippen LogP contribution >= 0.6 is 0 Å². The fourth-order valence-corrected chi connectivity index (χ4v) is 12.4. The van der Waals surface area contributed by atoms with Crippen LogP contribution in [0.5, 0.6) is 23.0 Å². The van der Waals surface area contributed by atoms with Gasteiger partial charge in [-0.25, -0.2) is 0 Å². The van der Waals surface area contributed by atoms with E-state index in [-0.39, 0.29) is 16.7 Å². The number of aryl methyl sites for hydroxylation is 4. The van der Waals surface area contributed by atoms with Gasteiger partial charge in [-0.05, 0) is 199 Å². The lowest BCUT2D eigenvalue weighted by atomic mass is 9.68. The summed E-state index contributed by atoms with van der Waals surface area (Å²) in [4.78, 5) is 0. The van der Waals surface area contributed by atoms with Crippen molar-refractivity contribution >= 4 is 0 Å². The number of benzene rings is 4. The second-order valence-electron chi connectivity index (χ2n) is 23.1. The summed E-state index contributed by atoms with van der Waals surface area (Å²) in [6, 6.07) is 17.2. The topological polar surface area (TPSA) is 80.9 Å². The molecule has 4 nitrogen and oxygen atoms in total. The Labute approximate surface area is 376 Å². The van der Waals surface area contributed by atoms with Crippen LogP contribution in [0, 0.1) is 63.2 Å². The quantitative estimate of drug-likeness (QED) is 0.128. The number of phenols is 4. The van der Waals surface area contributed by atoms with Gasteiger partial charge < -0.3 is 20.4 Å². The Kier molecular flexibility index (Phi) is 14.0. The van der Waals surface area contributed by atoms with Crippen molar-refractivity contribution < 1.29 is 20.4 Å². The molecule has 3 saturated carbocycles. The summed E-state index contributed by atoms with van der Waals surface area (Å²) >= 11 is 0. The molecule has 0 heterocycles. The zero-order valence-corrected chi connectivity index (χ0v) is 41.3. The average molecular weight is 843 g/mol. The summed E-state index contributed by atoms with van der Waals surface area (Å²) in [5, 5.41) is 43.8. The first-order valence-corrected chi connectivity index (χ1v) is 24.2. The second-order valence-corrected chi connectivity index (χ2v) is 23.1. The molecule has 4 N–H and O–H groups in total. The van der Waals surface area contributed by atoms with E-state index in [2.05, 4.69) is 140 Å². The first kappa shape index (κ1) is 47.6. The van der Waals surface area contributed by atoms with Gasteiger partial charge in [-0.2, -0.15) is 0 Å². The minimum Gasteiger partial charge on any atom is -0.508 e. The molecule has 0 aromatic heterocycles. The van der Waals surface area contributed by atoms with Gasteiger partial charge in [0, 0.05) is 5.92 Å². The fourth-order valence-electron chi connectivity index (χ4n) is 12.4. The Morgan fingerprint density at radius 3 is 1.69 bits per heavy atom. The summed E-state index contributed by atoms with van der Waals surface area (Å²) in [6.07, 6.45) is 8.93. The van der Waals surface area contributed by atoms with Gasteiger partial charge in [0.1, 0.15) is 23.0 Å². The van der Waals surface area contributed by atoms with Crippen molar-refractivity contribution in [1.29, 1.82) is 0 Å². The van der Waals surface area contributed by atoms with Crippen molar-refractivity contribution in [2.75, 3.05) is 0 Å². The van der Waals surface area contributed by atoms with Crippen LogP contribution in [-0.4, -0.2) is 20.4 Å². The van der Waals surface area contributed by atoms with Gasteiger partial charge in [0.2, 0.25) is 0 Å². The van der Waals surface area contributed by atoms with Crippen LogP contribution in [0.3, 0.4) is 0 Å². The van der Waals surface area contributed by atoms with Gasteiger partial charge >= 0.3 is 0 Å². The largest absolute Gasteiger partial charge is 0.508 e. The maximum absolute atomic E-state index is 11.4. The number of rotatable bonds is 10. The van der Waals surface area contributed by atoms with Gasteiger partial charge in [0.05, 0.1) is 0 Å². The molecule has 0 amide bonds. The van der Waals surface area contributed by atoms with Crippen LogP contribution in [0.4, 0.5) is 0 Å². The van der Waals surface area contributed by atoms with Crippen molar-refractivity contribution in [1.82, 2.24) is 0 Å². The Bertz CT molecular complexity index is 2230. The van der Waals surface area contributed by atoms with E-state index >= 15 is 0 Å². The van der Waals surface area contributed by atoms with E-state index in [9.17, 15) is 20.4 Å². The van der Waals surface area contributed by atoms with Crippen LogP contribution in [0.25, 0.3) is 0 Å². The minimum absolute atomic E-state index is 0.0692. The van der Waals surface area contributed by atoms with Gasteiger partial charge in [-0.3, -0.25) is 0 Å². The first-order valence-electron chi connectivity index (χ1n) is 24.2. The highest BCUT2D eigenvalue weighted by Crippen LogP contribution is 2.68. The summed E-state index contributed by atoms with van der Waals surface area (Å²) in [5.74, 6) is 6.86. The molecule has 0 spiro atoms. The lowest BCUT2D eigenvalue weighted by Crippen LogP contribution is -2.27. The Morgan fingerprint density at radius 1 is 0.565 bits per heavy atom. The molecular weight excluding hydrogens is 761 g/mol. The molecule has 4 aromatic carbocycles. The smallest absolute Gasteiger partial charge is 0.122 e. The van der Waals surface area contributed by atoms with Crippen LogP contribution in [-0.2, 0) is 23.7 Å². The highest BCUT2D eigenvalue weighted by molar-refractivity contribution is 5.53. The molecule has 3 fully saturated rings. The third-order valence-electron chi connectivity index (χ3n) is 15.0. The van der Waals surface area contributed by atoms with Gasteiger partial charge in [-0.1, -0.05) is 130 Å². The van der Waals surface area contributed by atoms with Gasteiger partial charge in [0.25, 0.3) is 0 Å². The maximum Gasteiger partial charge on any atom is 0.122 e.